The van der Waals surface area contributed by atoms with Crippen LogP contribution >= 0.6 is 11.6 Å². The average molecular weight is 389 g/mol. The van der Waals surface area contributed by atoms with E-state index in [1.807, 2.05) is 57.2 Å². The van der Waals surface area contributed by atoms with Crippen LogP contribution in [0, 0.1) is 0 Å². The number of hydrogen-bond donors (Lipinski definition) is 0. The fourth-order valence-electron chi connectivity index (χ4n) is 3.09. The fourth-order valence-corrected chi connectivity index (χ4v) is 3.30. The molecule has 1 saturated heterocycles. The van der Waals surface area contributed by atoms with Crippen LogP contribution in [0.15, 0.2) is 42.6 Å². The van der Waals surface area contributed by atoms with Gasteiger partial charge < -0.3 is 14.4 Å². The van der Waals surface area contributed by atoms with E-state index >= 15 is 0 Å². The van der Waals surface area contributed by atoms with E-state index in [9.17, 15) is 4.79 Å². The fraction of sp³-hybridized carbons (Fsp3) is 0.429. The summed E-state index contributed by atoms with van der Waals surface area (Å²) < 4.78 is 11.4. The first-order valence-corrected chi connectivity index (χ1v) is 9.55. The number of carbonyl (C=O) groups is 1. The van der Waals surface area contributed by atoms with Crippen molar-refractivity contribution in [3.8, 4) is 16.9 Å². The first-order valence-electron chi connectivity index (χ1n) is 9.17. The predicted molar refractivity (Wildman–Crippen MR) is 106 cm³/mol. The largest absolute Gasteiger partial charge is 0.490 e. The minimum absolute atomic E-state index is 0.00398. The number of halogens is 1. The van der Waals surface area contributed by atoms with E-state index in [1.165, 1.54) is 0 Å². The summed E-state index contributed by atoms with van der Waals surface area (Å²) >= 11 is 6.25. The molecule has 0 spiro atoms. The number of likely N-dealkylation sites (tertiary alicyclic amines) is 1. The second-order valence-electron chi connectivity index (χ2n) is 7.66. The van der Waals surface area contributed by atoms with Crippen molar-refractivity contribution in [3.63, 3.8) is 0 Å². The molecule has 0 N–H and O–H groups in total. The molecule has 6 heteroatoms. The topological polar surface area (TPSA) is 51.7 Å². The summed E-state index contributed by atoms with van der Waals surface area (Å²) in [5.41, 5.74) is 1.30. The second-order valence-corrected chi connectivity index (χ2v) is 8.01. The van der Waals surface area contributed by atoms with E-state index in [4.69, 9.17) is 21.1 Å². The van der Waals surface area contributed by atoms with Crippen molar-refractivity contribution in [3.05, 3.63) is 47.7 Å². The van der Waals surface area contributed by atoms with E-state index in [2.05, 4.69) is 4.98 Å². The summed E-state index contributed by atoms with van der Waals surface area (Å²) in [4.78, 5) is 18.4. The van der Waals surface area contributed by atoms with Crippen LogP contribution in [0.1, 0.15) is 33.6 Å². The maximum absolute atomic E-state index is 12.4. The van der Waals surface area contributed by atoms with Crippen molar-refractivity contribution < 1.29 is 14.3 Å². The zero-order valence-electron chi connectivity index (χ0n) is 15.9. The van der Waals surface area contributed by atoms with E-state index in [-0.39, 0.29) is 12.1 Å². The molecule has 1 aromatic heterocycles. The Bertz CT molecular complexity index is 790. The van der Waals surface area contributed by atoms with Gasteiger partial charge in [0.25, 0.3) is 0 Å². The van der Waals surface area contributed by atoms with Crippen LogP contribution < -0.4 is 4.74 Å². The van der Waals surface area contributed by atoms with Gasteiger partial charge in [-0.3, -0.25) is 0 Å². The molecule has 144 valence electrons. The quantitative estimate of drug-likeness (QED) is 0.677. The molecule has 5 nitrogen and oxygen atoms in total. The molecule has 0 bridgehead atoms. The highest BCUT2D eigenvalue weighted by atomic mass is 35.5. The Balaban J connectivity index is 1.67. The highest BCUT2D eigenvalue weighted by Gasteiger charge is 2.32. The molecule has 0 aliphatic carbocycles. The minimum atomic E-state index is -0.504. The third-order valence-corrected chi connectivity index (χ3v) is 4.65. The summed E-state index contributed by atoms with van der Waals surface area (Å²) in [6.07, 6.45) is 3.17. The summed E-state index contributed by atoms with van der Waals surface area (Å²) in [6.45, 7) is 6.71. The predicted octanol–water partition coefficient (Wildman–Crippen LogP) is 5.18. The van der Waals surface area contributed by atoms with Gasteiger partial charge in [-0.05, 0) is 45.2 Å². The minimum Gasteiger partial charge on any atom is -0.490 e. The van der Waals surface area contributed by atoms with Crippen LogP contribution in [0.3, 0.4) is 0 Å². The van der Waals surface area contributed by atoms with Gasteiger partial charge in [0.05, 0.1) is 12.2 Å². The first-order chi connectivity index (χ1) is 12.8. The molecule has 0 saturated carbocycles. The van der Waals surface area contributed by atoms with Gasteiger partial charge in [0, 0.05) is 12.1 Å². The summed E-state index contributed by atoms with van der Waals surface area (Å²) in [6, 6.07) is 11.7. The second kappa shape index (κ2) is 8.17. The van der Waals surface area contributed by atoms with E-state index in [0.717, 1.165) is 24.0 Å². The van der Waals surface area contributed by atoms with Crippen LogP contribution in [-0.4, -0.2) is 40.8 Å². The third-order valence-electron chi connectivity index (χ3n) is 4.35. The van der Waals surface area contributed by atoms with Crippen molar-refractivity contribution in [1.29, 1.82) is 0 Å². The van der Waals surface area contributed by atoms with Crippen molar-refractivity contribution in [2.75, 3.05) is 13.2 Å². The Morgan fingerprint density at radius 1 is 1.30 bits per heavy atom. The van der Waals surface area contributed by atoms with Crippen LogP contribution in [0.2, 0.25) is 5.15 Å². The number of ether oxygens (including phenoxy) is 2. The third kappa shape index (κ3) is 5.13. The number of carbonyl (C=O) groups excluding carboxylic acids is 1. The Hall–Kier alpha value is -2.27. The molecule has 1 atom stereocenters. The lowest BCUT2D eigenvalue weighted by atomic mass is 10.1. The molecule has 27 heavy (non-hydrogen) atoms. The van der Waals surface area contributed by atoms with Crippen LogP contribution in [0.5, 0.6) is 5.75 Å². The zero-order chi connectivity index (χ0) is 19.4. The number of nitrogens with zero attached hydrogens (tertiary/aromatic N) is 2. The molecule has 0 radical (unpaired) electrons. The standard InChI is InChI=1S/C21H25ClN2O3/c1-21(2,3)27-20(25)24-11-7-10-16(24)14-26-17-12-18(19(22)23-13-17)15-8-5-4-6-9-15/h4-6,8-9,12-13,16H,7,10-11,14H2,1-3H3/t16-/m0/s1. The van der Waals surface area contributed by atoms with Gasteiger partial charge in [-0.1, -0.05) is 41.9 Å². The summed E-state index contributed by atoms with van der Waals surface area (Å²) in [7, 11) is 0. The first kappa shape index (κ1) is 19.5. The van der Waals surface area contributed by atoms with Gasteiger partial charge in [0.1, 0.15) is 23.1 Å². The normalized spacial score (nSPS) is 17.0. The van der Waals surface area contributed by atoms with Gasteiger partial charge in [0.2, 0.25) is 0 Å². The number of pyridine rings is 1. The van der Waals surface area contributed by atoms with Crippen LogP contribution in [-0.2, 0) is 4.74 Å². The SMILES string of the molecule is CC(C)(C)OC(=O)N1CCC[C@H]1COc1cnc(Cl)c(-c2ccccc2)c1. The summed E-state index contributed by atoms with van der Waals surface area (Å²) in [5.74, 6) is 0.634. The van der Waals surface area contributed by atoms with Gasteiger partial charge in [-0.15, -0.1) is 0 Å². The maximum atomic E-state index is 12.4. The highest BCUT2D eigenvalue weighted by molar-refractivity contribution is 6.32. The number of benzene rings is 1. The van der Waals surface area contributed by atoms with Gasteiger partial charge in [-0.2, -0.15) is 0 Å². The molecular formula is C21H25ClN2O3. The van der Waals surface area contributed by atoms with Crippen LogP contribution in [0.25, 0.3) is 11.1 Å². The zero-order valence-corrected chi connectivity index (χ0v) is 16.7. The number of aromatic nitrogens is 1. The lowest BCUT2D eigenvalue weighted by molar-refractivity contribution is 0.0187. The lowest BCUT2D eigenvalue weighted by Gasteiger charge is -2.28. The molecule has 1 aliphatic rings. The van der Waals surface area contributed by atoms with Gasteiger partial charge in [-0.25, -0.2) is 9.78 Å². The molecule has 1 amide bonds. The van der Waals surface area contributed by atoms with E-state index < -0.39 is 5.60 Å². The molecule has 2 aromatic rings. The number of rotatable bonds is 4. The van der Waals surface area contributed by atoms with E-state index in [0.29, 0.717) is 24.1 Å². The van der Waals surface area contributed by atoms with Crippen LogP contribution in [0.4, 0.5) is 4.79 Å². The Labute approximate surface area is 165 Å². The van der Waals surface area contributed by atoms with Crippen molar-refractivity contribution >= 4 is 17.7 Å². The Morgan fingerprint density at radius 2 is 2.04 bits per heavy atom. The smallest absolute Gasteiger partial charge is 0.410 e. The lowest BCUT2D eigenvalue weighted by Crippen LogP contribution is -2.42. The van der Waals surface area contributed by atoms with Crippen molar-refractivity contribution in [1.82, 2.24) is 9.88 Å². The average Bonchev–Trinajstić information content (AvgIpc) is 3.09. The van der Waals surface area contributed by atoms with Crippen molar-refractivity contribution in [2.24, 2.45) is 0 Å². The monoisotopic (exact) mass is 388 g/mol. The molecule has 0 unspecified atom stereocenters. The molecule has 3 rings (SSSR count). The highest BCUT2D eigenvalue weighted by Crippen LogP contribution is 2.30. The molecule has 1 aromatic carbocycles. The molecule has 1 fully saturated rings. The maximum Gasteiger partial charge on any atom is 0.410 e. The molecule has 1 aliphatic heterocycles. The Kier molecular flexibility index (Phi) is 5.90. The number of hydrogen-bond acceptors (Lipinski definition) is 4. The van der Waals surface area contributed by atoms with E-state index in [1.54, 1.807) is 11.1 Å². The summed E-state index contributed by atoms with van der Waals surface area (Å²) in [5, 5.41) is 0.435. The van der Waals surface area contributed by atoms with Gasteiger partial charge in [0.15, 0.2) is 0 Å². The van der Waals surface area contributed by atoms with Gasteiger partial charge >= 0.3 is 6.09 Å². The number of amides is 1. The Morgan fingerprint density at radius 3 is 2.74 bits per heavy atom. The molecule has 2 heterocycles. The molecular weight excluding hydrogens is 364 g/mol. The van der Waals surface area contributed by atoms with Crippen molar-refractivity contribution in [2.45, 2.75) is 45.3 Å².